The monoisotopic (exact) mass is 456 g/mol. The molecule has 5 rings (SSSR count). The average Bonchev–Trinajstić information content (AvgIpc) is 3.10. The van der Waals surface area contributed by atoms with Crippen LogP contribution in [-0.2, 0) is 0 Å². The second-order valence-electron chi connectivity index (χ2n) is 9.28. The van der Waals surface area contributed by atoms with Crippen LogP contribution in [0.1, 0.15) is 51.4 Å². The Morgan fingerprint density at radius 1 is 1.03 bits per heavy atom. The van der Waals surface area contributed by atoms with Crippen LogP contribution in [0.3, 0.4) is 0 Å². The van der Waals surface area contributed by atoms with Crippen molar-refractivity contribution >= 4 is 41.0 Å². The van der Waals surface area contributed by atoms with Crippen LogP contribution in [0.2, 0.25) is 0 Å². The van der Waals surface area contributed by atoms with Crippen LogP contribution in [0.4, 0.5) is 17.6 Å². The first-order valence-corrected chi connectivity index (χ1v) is 11.4. The fourth-order valence-electron chi connectivity index (χ4n) is 5.18. The van der Waals surface area contributed by atoms with E-state index in [1.54, 1.807) is 0 Å². The highest BCUT2D eigenvalue weighted by atomic mass is 35.5. The van der Waals surface area contributed by atoms with Crippen molar-refractivity contribution in [2.45, 2.75) is 52.5 Å². The molecule has 0 amide bonds. The molecule has 2 aliphatic rings. The largest absolute Gasteiger partial charge is 0.341 e. The second kappa shape index (κ2) is 9.19. The van der Waals surface area contributed by atoms with Gasteiger partial charge in [-0.05, 0) is 71.0 Å². The number of rotatable bonds is 4. The molecule has 0 saturated carbocycles. The topological polar surface area (TPSA) is 83.8 Å². The average molecular weight is 457 g/mol. The van der Waals surface area contributed by atoms with Gasteiger partial charge in [-0.2, -0.15) is 4.98 Å². The van der Waals surface area contributed by atoms with Crippen molar-refractivity contribution in [3.63, 3.8) is 0 Å². The van der Waals surface area contributed by atoms with Gasteiger partial charge in [0.05, 0.1) is 11.7 Å². The number of nitrogens with one attached hydrogen (secondary N) is 2. The Balaban J connectivity index is 0.00000245. The summed E-state index contributed by atoms with van der Waals surface area (Å²) in [5.41, 5.74) is 2.52. The van der Waals surface area contributed by atoms with Gasteiger partial charge in [0, 0.05) is 31.4 Å². The molecular weight excluding hydrogens is 424 g/mol. The van der Waals surface area contributed by atoms with Gasteiger partial charge in [0.2, 0.25) is 5.95 Å². The first-order valence-electron chi connectivity index (χ1n) is 11.4. The molecule has 2 N–H and O–H groups in total. The van der Waals surface area contributed by atoms with Crippen molar-refractivity contribution < 1.29 is 0 Å². The van der Waals surface area contributed by atoms with Gasteiger partial charge < -0.3 is 20.1 Å². The Hall–Kier alpha value is -2.45. The fraction of sp³-hybridized carbons (Fsp3) is 0.565. The lowest BCUT2D eigenvalue weighted by atomic mass is 9.72. The van der Waals surface area contributed by atoms with E-state index in [1.807, 2.05) is 25.4 Å². The third kappa shape index (κ3) is 4.38. The minimum Gasteiger partial charge on any atom is -0.341 e. The van der Waals surface area contributed by atoms with Crippen LogP contribution >= 0.6 is 12.4 Å². The minimum absolute atomic E-state index is 0. The summed E-state index contributed by atoms with van der Waals surface area (Å²) in [6.07, 6.45) is 8.71. The molecule has 3 aromatic rings. The molecule has 0 atom stereocenters. The Morgan fingerprint density at radius 2 is 1.78 bits per heavy atom. The Kier molecular flexibility index (Phi) is 6.53. The standard InChI is InChI=1S/C23H32N8.ClH/c1-16(2)31-17(3)27-18-15-26-21(14-19(18)31)28-20-4-9-25-22(29-20)30-12-7-23(8-13-30)5-10-24-11-6-23;/h4,9,14-16,24H,5-8,10-13H2,1-3H3,(H,25,26,28,29);1H. The Labute approximate surface area is 195 Å². The number of aromatic nitrogens is 5. The van der Waals surface area contributed by atoms with Gasteiger partial charge in [0.1, 0.15) is 23.0 Å². The molecular formula is C23H33ClN8. The predicted octanol–water partition coefficient (Wildman–Crippen LogP) is 4.25. The minimum atomic E-state index is 0. The summed E-state index contributed by atoms with van der Waals surface area (Å²) >= 11 is 0. The van der Waals surface area contributed by atoms with E-state index in [0.717, 1.165) is 60.6 Å². The number of pyridine rings is 1. The SMILES string of the molecule is Cc1nc2cnc(Nc3ccnc(N4CCC5(CCNCC5)CC4)n3)cc2n1C(C)C.Cl. The lowest BCUT2D eigenvalue weighted by Gasteiger charge is -2.44. The van der Waals surface area contributed by atoms with Crippen molar-refractivity contribution in [3.05, 3.63) is 30.4 Å². The van der Waals surface area contributed by atoms with Crippen LogP contribution in [0.15, 0.2) is 24.5 Å². The Morgan fingerprint density at radius 3 is 2.50 bits per heavy atom. The summed E-state index contributed by atoms with van der Waals surface area (Å²) in [7, 11) is 0. The highest BCUT2D eigenvalue weighted by Crippen LogP contribution is 2.40. The Bertz CT molecular complexity index is 1060. The quantitative estimate of drug-likeness (QED) is 0.607. The molecule has 9 heteroatoms. The molecule has 0 radical (unpaired) electrons. The van der Waals surface area contributed by atoms with Crippen LogP contribution in [0.25, 0.3) is 11.0 Å². The zero-order chi connectivity index (χ0) is 21.4. The molecule has 8 nitrogen and oxygen atoms in total. The number of anilines is 3. The molecule has 3 aromatic heterocycles. The molecule has 172 valence electrons. The van der Waals surface area contributed by atoms with E-state index in [0.29, 0.717) is 11.5 Å². The molecule has 0 unspecified atom stereocenters. The molecule has 2 saturated heterocycles. The van der Waals surface area contributed by atoms with E-state index in [-0.39, 0.29) is 12.4 Å². The highest BCUT2D eigenvalue weighted by molar-refractivity contribution is 5.85. The zero-order valence-corrected chi connectivity index (χ0v) is 20.0. The lowest BCUT2D eigenvalue weighted by Crippen LogP contribution is -2.46. The van der Waals surface area contributed by atoms with Crippen molar-refractivity contribution in [3.8, 4) is 0 Å². The van der Waals surface area contributed by atoms with Crippen LogP contribution in [-0.4, -0.2) is 50.7 Å². The van der Waals surface area contributed by atoms with E-state index in [9.17, 15) is 0 Å². The van der Waals surface area contributed by atoms with E-state index in [1.165, 1.54) is 25.7 Å². The van der Waals surface area contributed by atoms with Crippen LogP contribution in [0.5, 0.6) is 0 Å². The fourth-order valence-corrected chi connectivity index (χ4v) is 5.18. The maximum absolute atomic E-state index is 4.80. The molecule has 2 aliphatic heterocycles. The number of hydrogen-bond donors (Lipinski definition) is 2. The van der Waals surface area contributed by atoms with Gasteiger partial charge >= 0.3 is 0 Å². The number of halogens is 1. The maximum atomic E-state index is 4.80. The highest BCUT2D eigenvalue weighted by Gasteiger charge is 2.36. The van der Waals surface area contributed by atoms with Crippen LogP contribution in [0, 0.1) is 12.3 Å². The third-order valence-electron chi connectivity index (χ3n) is 6.94. The summed E-state index contributed by atoms with van der Waals surface area (Å²) in [6, 6.07) is 4.30. The summed E-state index contributed by atoms with van der Waals surface area (Å²) in [5.74, 6) is 3.35. The molecule has 32 heavy (non-hydrogen) atoms. The van der Waals surface area contributed by atoms with Gasteiger partial charge in [0.15, 0.2) is 0 Å². The number of aryl methyl sites for hydroxylation is 1. The molecule has 1 spiro atoms. The molecule has 2 fully saturated rings. The second-order valence-corrected chi connectivity index (χ2v) is 9.28. The number of nitrogens with zero attached hydrogens (tertiary/aromatic N) is 6. The van der Waals surface area contributed by atoms with Crippen molar-refractivity contribution in [2.24, 2.45) is 5.41 Å². The first kappa shape index (κ1) is 22.7. The summed E-state index contributed by atoms with van der Waals surface area (Å²) in [4.78, 5) is 20.9. The molecule has 0 aliphatic carbocycles. The van der Waals surface area contributed by atoms with Crippen LogP contribution < -0.4 is 15.5 Å². The van der Waals surface area contributed by atoms with E-state index in [4.69, 9.17) is 4.98 Å². The van der Waals surface area contributed by atoms with Crippen molar-refractivity contribution in [1.29, 1.82) is 0 Å². The molecule has 0 bridgehead atoms. The van der Waals surface area contributed by atoms with E-state index in [2.05, 4.69) is 55.0 Å². The van der Waals surface area contributed by atoms with Gasteiger partial charge in [-0.15, -0.1) is 12.4 Å². The summed E-state index contributed by atoms with van der Waals surface area (Å²) < 4.78 is 2.23. The van der Waals surface area contributed by atoms with Gasteiger partial charge in [0.25, 0.3) is 0 Å². The molecule has 5 heterocycles. The summed E-state index contributed by atoms with van der Waals surface area (Å²) in [6.45, 7) is 10.7. The van der Waals surface area contributed by atoms with E-state index >= 15 is 0 Å². The number of fused-ring (bicyclic) bond motifs is 1. The predicted molar refractivity (Wildman–Crippen MR) is 131 cm³/mol. The van der Waals surface area contributed by atoms with Crippen molar-refractivity contribution in [1.82, 2.24) is 29.8 Å². The van der Waals surface area contributed by atoms with Gasteiger partial charge in [-0.1, -0.05) is 0 Å². The number of piperidine rings is 2. The zero-order valence-electron chi connectivity index (χ0n) is 19.1. The molecule has 0 aromatic carbocycles. The van der Waals surface area contributed by atoms with Crippen molar-refractivity contribution in [2.75, 3.05) is 36.4 Å². The lowest BCUT2D eigenvalue weighted by molar-refractivity contribution is 0.154. The summed E-state index contributed by atoms with van der Waals surface area (Å²) in [5, 5.41) is 6.86. The first-order chi connectivity index (χ1) is 15.0. The van der Waals surface area contributed by atoms with Gasteiger partial charge in [-0.25, -0.2) is 15.0 Å². The third-order valence-corrected chi connectivity index (χ3v) is 6.94. The normalized spacial score (nSPS) is 18.2. The van der Waals surface area contributed by atoms with Gasteiger partial charge in [-0.3, -0.25) is 0 Å². The number of hydrogen-bond acceptors (Lipinski definition) is 7. The number of imidazole rings is 1. The van der Waals surface area contributed by atoms with E-state index < -0.39 is 0 Å². The maximum Gasteiger partial charge on any atom is 0.227 e. The smallest absolute Gasteiger partial charge is 0.227 e.